The lowest BCUT2D eigenvalue weighted by Gasteiger charge is -2.10. The fraction of sp³-hybridized carbons (Fsp3) is 0.118. The molecule has 0 fully saturated rings. The Kier molecular flexibility index (Phi) is 4.05. The number of fused-ring (bicyclic) bond motifs is 1. The van der Waals surface area contributed by atoms with Crippen LogP contribution in [0, 0.1) is 6.92 Å². The van der Waals surface area contributed by atoms with Crippen LogP contribution in [0.4, 0.5) is 17.6 Å². The van der Waals surface area contributed by atoms with Crippen molar-refractivity contribution in [1.29, 1.82) is 0 Å². The number of anilines is 3. The van der Waals surface area contributed by atoms with Crippen LogP contribution < -0.4 is 16.6 Å². The monoisotopic (exact) mass is 365 g/mol. The number of thiophene rings is 1. The maximum atomic E-state index is 12.5. The number of para-hydroxylation sites is 1. The van der Waals surface area contributed by atoms with Crippen LogP contribution in [0.25, 0.3) is 10.2 Å². The third kappa shape index (κ3) is 3.11. The van der Waals surface area contributed by atoms with Gasteiger partial charge in [-0.05, 0) is 30.0 Å². The Hall–Kier alpha value is -3.33. The van der Waals surface area contributed by atoms with Gasteiger partial charge in [0.2, 0.25) is 11.9 Å². The zero-order chi connectivity index (χ0) is 18.1. The third-order valence-corrected chi connectivity index (χ3v) is 4.67. The summed E-state index contributed by atoms with van der Waals surface area (Å²) in [7, 11) is 0. The Bertz CT molecular complexity index is 1150. The maximum absolute atomic E-state index is 12.5. The van der Waals surface area contributed by atoms with E-state index in [0.29, 0.717) is 22.0 Å². The van der Waals surface area contributed by atoms with Crippen LogP contribution in [0.2, 0.25) is 0 Å². The summed E-state index contributed by atoms with van der Waals surface area (Å²) in [6.07, 6.45) is 1.50. The van der Waals surface area contributed by atoms with Gasteiger partial charge in [-0.15, -0.1) is 11.3 Å². The molecule has 9 heteroatoms. The van der Waals surface area contributed by atoms with E-state index >= 15 is 0 Å². The van der Waals surface area contributed by atoms with Gasteiger partial charge >= 0.3 is 0 Å². The van der Waals surface area contributed by atoms with Crippen molar-refractivity contribution >= 4 is 39.1 Å². The number of aromatic nitrogens is 5. The summed E-state index contributed by atoms with van der Waals surface area (Å²) in [6, 6.07) is 9.54. The fourth-order valence-electron chi connectivity index (χ4n) is 2.56. The van der Waals surface area contributed by atoms with Crippen LogP contribution >= 0.6 is 11.3 Å². The fourth-order valence-corrected chi connectivity index (χ4v) is 3.28. The van der Waals surface area contributed by atoms with Crippen molar-refractivity contribution in [1.82, 2.24) is 24.5 Å². The van der Waals surface area contributed by atoms with Crippen molar-refractivity contribution in [2.75, 3.05) is 11.1 Å². The predicted octanol–water partition coefficient (Wildman–Crippen LogP) is 2.33. The Balaban J connectivity index is 1.66. The molecule has 0 spiro atoms. The van der Waals surface area contributed by atoms with Crippen molar-refractivity contribution in [3.63, 3.8) is 0 Å². The van der Waals surface area contributed by atoms with Crippen molar-refractivity contribution in [2.45, 2.75) is 13.5 Å². The van der Waals surface area contributed by atoms with E-state index in [2.05, 4.69) is 25.3 Å². The number of nitrogens with one attached hydrogen (secondary N) is 1. The quantitative estimate of drug-likeness (QED) is 0.571. The summed E-state index contributed by atoms with van der Waals surface area (Å²) in [5.41, 5.74) is 7.61. The number of hydrogen-bond donors (Lipinski definition) is 2. The summed E-state index contributed by atoms with van der Waals surface area (Å²) in [5.74, 6) is 0.801. The van der Waals surface area contributed by atoms with Gasteiger partial charge in [-0.1, -0.05) is 18.2 Å². The minimum absolute atomic E-state index is 0.0868. The molecule has 0 unspecified atom stereocenters. The zero-order valence-corrected chi connectivity index (χ0v) is 14.7. The first kappa shape index (κ1) is 16.2. The van der Waals surface area contributed by atoms with E-state index in [0.717, 1.165) is 11.3 Å². The van der Waals surface area contributed by atoms with Crippen LogP contribution in [-0.4, -0.2) is 24.5 Å². The van der Waals surface area contributed by atoms with Gasteiger partial charge in [0.1, 0.15) is 4.83 Å². The molecule has 4 rings (SSSR count). The molecule has 0 atom stereocenters. The highest BCUT2D eigenvalue weighted by Gasteiger charge is 2.10. The van der Waals surface area contributed by atoms with Crippen molar-refractivity contribution in [2.24, 2.45) is 0 Å². The van der Waals surface area contributed by atoms with Gasteiger partial charge in [0.15, 0.2) is 5.82 Å². The molecule has 8 nitrogen and oxygen atoms in total. The summed E-state index contributed by atoms with van der Waals surface area (Å²) in [5, 5.41) is 5.56. The number of nitrogens with zero attached hydrogens (tertiary/aromatic N) is 5. The smallest absolute Gasteiger partial charge is 0.262 e. The number of benzene rings is 1. The van der Waals surface area contributed by atoms with Crippen LogP contribution in [0.1, 0.15) is 11.4 Å². The third-order valence-electron chi connectivity index (χ3n) is 3.85. The normalized spacial score (nSPS) is 11.0. The molecule has 3 heterocycles. The Labute approximate surface area is 152 Å². The van der Waals surface area contributed by atoms with E-state index in [1.807, 2.05) is 36.6 Å². The van der Waals surface area contributed by atoms with Crippen LogP contribution in [0.5, 0.6) is 0 Å². The molecule has 0 aliphatic rings. The second kappa shape index (κ2) is 6.52. The average molecular weight is 365 g/mol. The number of aryl methyl sites for hydroxylation is 1. The van der Waals surface area contributed by atoms with Crippen molar-refractivity contribution in [3.05, 3.63) is 63.8 Å². The molecule has 0 saturated carbocycles. The van der Waals surface area contributed by atoms with Crippen LogP contribution in [-0.2, 0) is 6.54 Å². The minimum atomic E-state index is -0.136. The highest BCUT2D eigenvalue weighted by atomic mass is 32.1. The van der Waals surface area contributed by atoms with E-state index in [1.165, 1.54) is 22.2 Å². The largest absolute Gasteiger partial charge is 0.368 e. The molecule has 130 valence electrons. The van der Waals surface area contributed by atoms with Gasteiger partial charge in [-0.3, -0.25) is 9.36 Å². The molecule has 0 saturated heterocycles. The van der Waals surface area contributed by atoms with Crippen molar-refractivity contribution in [3.8, 4) is 0 Å². The molecule has 1 aromatic carbocycles. The molecule has 3 N–H and O–H groups in total. The van der Waals surface area contributed by atoms with E-state index in [-0.39, 0.29) is 18.1 Å². The van der Waals surface area contributed by atoms with E-state index < -0.39 is 0 Å². The lowest BCUT2D eigenvalue weighted by atomic mass is 10.2. The Morgan fingerprint density at radius 1 is 1.19 bits per heavy atom. The average Bonchev–Trinajstić information content (AvgIpc) is 3.09. The van der Waals surface area contributed by atoms with Gasteiger partial charge in [0.05, 0.1) is 18.3 Å². The van der Waals surface area contributed by atoms with Gasteiger partial charge in [0.25, 0.3) is 5.56 Å². The summed E-state index contributed by atoms with van der Waals surface area (Å²) < 4.78 is 1.46. The predicted molar refractivity (Wildman–Crippen MR) is 102 cm³/mol. The Morgan fingerprint density at radius 2 is 2.04 bits per heavy atom. The highest BCUT2D eigenvalue weighted by Crippen LogP contribution is 2.18. The van der Waals surface area contributed by atoms with Crippen molar-refractivity contribution < 1.29 is 0 Å². The van der Waals surface area contributed by atoms with Gasteiger partial charge in [0, 0.05) is 5.69 Å². The second-order valence-electron chi connectivity index (χ2n) is 5.69. The molecule has 0 amide bonds. The molecule has 26 heavy (non-hydrogen) atoms. The van der Waals surface area contributed by atoms with E-state index in [9.17, 15) is 4.79 Å². The molecule has 3 aromatic heterocycles. The first-order valence-corrected chi connectivity index (χ1v) is 8.74. The Morgan fingerprint density at radius 3 is 2.88 bits per heavy atom. The summed E-state index contributed by atoms with van der Waals surface area (Å²) >= 11 is 1.43. The molecule has 0 radical (unpaired) electrons. The van der Waals surface area contributed by atoms with Crippen LogP contribution in [0.3, 0.4) is 0 Å². The first-order valence-electron chi connectivity index (χ1n) is 7.86. The molecular weight excluding hydrogens is 350 g/mol. The number of rotatable bonds is 4. The molecule has 0 aliphatic carbocycles. The topological polar surface area (TPSA) is 112 Å². The molecule has 0 bridgehead atoms. The SMILES string of the molecule is Cc1ccccc1Nc1nc(N)nc(Cn2cnc3sccc3c2=O)n1. The second-order valence-corrected chi connectivity index (χ2v) is 6.58. The van der Waals surface area contributed by atoms with E-state index in [4.69, 9.17) is 5.73 Å². The highest BCUT2D eigenvalue weighted by molar-refractivity contribution is 7.16. The number of hydrogen-bond acceptors (Lipinski definition) is 8. The van der Waals surface area contributed by atoms with Gasteiger partial charge < -0.3 is 11.1 Å². The lowest BCUT2D eigenvalue weighted by Crippen LogP contribution is -2.22. The summed E-state index contributed by atoms with van der Waals surface area (Å²) in [4.78, 5) is 30.1. The summed E-state index contributed by atoms with van der Waals surface area (Å²) in [6.45, 7) is 2.14. The number of nitrogen functional groups attached to an aromatic ring is 1. The molecular formula is C17H15N7OS. The minimum Gasteiger partial charge on any atom is -0.368 e. The molecule has 4 aromatic rings. The van der Waals surface area contributed by atoms with Gasteiger partial charge in [-0.2, -0.15) is 15.0 Å². The maximum Gasteiger partial charge on any atom is 0.262 e. The zero-order valence-electron chi connectivity index (χ0n) is 13.9. The van der Waals surface area contributed by atoms with Crippen LogP contribution in [0.15, 0.2) is 46.8 Å². The lowest BCUT2D eigenvalue weighted by molar-refractivity contribution is 0.704. The first-order chi connectivity index (χ1) is 12.6. The van der Waals surface area contributed by atoms with E-state index in [1.54, 1.807) is 6.07 Å². The van der Waals surface area contributed by atoms with Gasteiger partial charge in [-0.25, -0.2) is 4.98 Å². The standard InChI is InChI=1S/C17H15N7OS/c1-10-4-2-3-5-12(10)20-17-22-13(21-16(18)23-17)8-24-9-19-14-11(15(24)25)6-7-26-14/h2-7,9H,8H2,1H3,(H3,18,20,21,22,23). The molecule has 0 aliphatic heterocycles. The number of nitrogens with two attached hydrogens (primary N) is 1.